The summed E-state index contributed by atoms with van der Waals surface area (Å²) in [4.78, 5) is 0. The van der Waals surface area contributed by atoms with E-state index in [2.05, 4.69) is 96.7 Å². The van der Waals surface area contributed by atoms with Crippen LogP contribution < -0.4 is 0 Å². The molecule has 0 aliphatic carbocycles. The predicted molar refractivity (Wildman–Crippen MR) is 111 cm³/mol. The molecular weight excluding hydrogens is 288 g/mol. The molecule has 24 heavy (non-hydrogen) atoms. The minimum atomic E-state index is 0.553. The Morgan fingerprint density at radius 3 is 1.54 bits per heavy atom. The van der Waals surface area contributed by atoms with E-state index in [0.29, 0.717) is 11.8 Å². The van der Waals surface area contributed by atoms with Crippen molar-refractivity contribution in [3.8, 4) is 0 Å². The quantitative estimate of drug-likeness (QED) is 0.509. The van der Waals surface area contributed by atoms with Crippen molar-refractivity contribution in [3.05, 3.63) is 82.9 Å². The number of rotatable bonds is 3. The first-order chi connectivity index (χ1) is 11.3. The van der Waals surface area contributed by atoms with Crippen LogP contribution in [-0.4, -0.2) is 0 Å². The molecule has 0 nitrogen and oxygen atoms in total. The SMILES string of the molecule is C=C(C)C(C)C(C)c1ccc(C)cc1.CC.Cc1ccccc1C. The first-order valence-corrected chi connectivity index (χ1v) is 9.07. The maximum Gasteiger partial charge on any atom is -0.0128 e. The lowest BCUT2D eigenvalue weighted by Crippen LogP contribution is -2.06. The van der Waals surface area contributed by atoms with E-state index in [0.717, 1.165) is 0 Å². The van der Waals surface area contributed by atoms with Crippen LogP contribution in [0.25, 0.3) is 0 Å². The van der Waals surface area contributed by atoms with Gasteiger partial charge >= 0.3 is 0 Å². The summed E-state index contributed by atoms with van der Waals surface area (Å²) in [5.74, 6) is 1.12. The zero-order valence-electron chi connectivity index (χ0n) is 17.0. The van der Waals surface area contributed by atoms with Gasteiger partial charge in [-0.2, -0.15) is 0 Å². The molecule has 0 saturated heterocycles. The second-order valence-corrected chi connectivity index (χ2v) is 6.42. The Morgan fingerprint density at radius 1 is 0.792 bits per heavy atom. The van der Waals surface area contributed by atoms with Crippen LogP contribution in [0.1, 0.15) is 62.8 Å². The number of hydrogen-bond donors (Lipinski definition) is 0. The van der Waals surface area contributed by atoms with Gasteiger partial charge in [-0.3, -0.25) is 0 Å². The van der Waals surface area contributed by atoms with Gasteiger partial charge in [0.15, 0.2) is 0 Å². The van der Waals surface area contributed by atoms with Gasteiger partial charge in [0.2, 0.25) is 0 Å². The van der Waals surface area contributed by atoms with Crippen molar-refractivity contribution in [2.75, 3.05) is 0 Å². The van der Waals surface area contributed by atoms with Crippen molar-refractivity contribution in [2.24, 2.45) is 5.92 Å². The van der Waals surface area contributed by atoms with Gasteiger partial charge in [-0.25, -0.2) is 0 Å². The van der Waals surface area contributed by atoms with Crippen LogP contribution in [0.5, 0.6) is 0 Å². The zero-order valence-corrected chi connectivity index (χ0v) is 17.0. The average Bonchev–Trinajstić information content (AvgIpc) is 2.59. The van der Waals surface area contributed by atoms with Crippen molar-refractivity contribution >= 4 is 0 Å². The van der Waals surface area contributed by atoms with E-state index in [-0.39, 0.29) is 0 Å². The standard InChI is InChI=1S/C14H20.C8H10.C2H6/c1-10(2)12(4)13(5)14-8-6-11(3)7-9-14;1-7-5-3-4-6-8(7)2;1-2/h6-9,12-13H,1H2,2-5H3;3-6H,1-2H3;1-2H3. The molecule has 0 aliphatic heterocycles. The lowest BCUT2D eigenvalue weighted by atomic mass is 9.85. The molecule has 0 radical (unpaired) electrons. The Kier molecular flexibility index (Phi) is 10.8. The van der Waals surface area contributed by atoms with Crippen LogP contribution in [0.15, 0.2) is 60.7 Å². The molecule has 0 heterocycles. The van der Waals surface area contributed by atoms with Crippen molar-refractivity contribution in [3.63, 3.8) is 0 Å². The van der Waals surface area contributed by atoms with Crippen molar-refractivity contribution in [2.45, 2.75) is 61.3 Å². The minimum absolute atomic E-state index is 0.553. The molecule has 0 amide bonds. The van der Waals surface area contributed by atoms with Gasteiger partial charge in [-0.15, -0.1) is 0 Å². The lowest BCUT2D eigenvalue weighted by Gasteiger charge is -2.20. The maximum atomic E-state index is 4.02. The second kappa shape index (κ2) is 11.7. The highest BCUT2D eigenvalue weighted by molar-refractivity contribution is 5.26. The number of hydrogen-bond acceptors (Lipinski definition) is 0. The summed E-state index contributed by atoms with van der Waals surface area (Å²) in [5.41, 5.74) is 6.73. The topological polar surface area (TPSA) is 0 Å². The van der Waals surface area contributed by atoms with Gasteiger partial charge in [-0.1, -0.05) is 93.9 Å². The Hall–Kier alpha value is -1.82. The van der Waals surface area contributed by atoms with E-state index in [1.165, 1.54) is 27.8 Å². The molecular formula is C24H36. The summed E-state index contributed by atoms with van der Waals surface area (Å²) < 4.78 is 0. The fraction of sp³-hybridized carbons (Fsp3) is 0.417. The molecule has 2 aromatic rings. The molecule has 0 bridgehead atoms. The fourth-order valence-electron chi connectivity index (χ4n) is 2.25. The van der Waals surface area contributed by atoms with E-state index in [4.69, 9.17) is 0 Å². The van der Waals surface area contributed by atoms with Gasteiger partial charge in [-0.05, 0) is 56.2 Å². The Balaban J connectivity index is 0.000000447. The molecule has 0 heteroatoms. The predicted octanol–water partition coefficient (Wildman–Crippen LogP) is 7.64. The van der Waals surface area contributed by atoms with Crippen molar-refractivity contribution in [1.29, 1.82) is 0 Å². The summed E-state index contributed by atoms with van der Waals surface area (Å²) in [5, 5.41) is 0. The summed E-state index contributed by atoms with van der Waals surface area (Å²) in [6, 6.07) is 17.2. The third kappa shape index (κ3) is 7.64. The summed E-state index contributed by atoms with van der Waals surface area (Å²) >= 11 is 0. The monoisotopic (exact) mass is 324 g/mol. The minimum Gasteiger partial charge on any atom is -0.0998 e. The van der Waals surface area contributed by atoms with E-state index in [9.17, 15) is 0 Å². The van der Waals surface area contributed by atoms with Crippen LogP contribution in [-0.2, 0) is 0 Å². The van der Waals surface area contributed by atoms with Crippen LogP contribution in [0.3, 0.4) is 0 Å². The zero-order chi connectivity index (χ0) is 18.7. The van der Waals surface area contributed by atoms with Gasteiger partial charge in [0.25, 0.3) is 0 Å². The molecule has 0 N–H and O–H groups in total. The van der Waals surface area contributed by atoms with E-state index in [1.807, 2.05) is 13.8 Å². The fourth-order valence-corrected chi connectivity index (χ4v) is 2.25. The van der Waals surface area contributed by atoms with Crippen LogP contribution in [0.2, 0.25) is 0 Å². The first-order valence-electron chi connectivity index (χ1n) is 9.07. The second-order valence-electron chi connectivity index (χ2n) is 6.42. The Labute approximate surface area is 150 Å². The van der Waals surface area contributed by atoms with Gasteiger partial charge in [0.05, 0.1) is 0 Å². The molecule has 0 saturated carbocycles. The van der Waals surface area contributed by atoms with Crippen LogP contribution in [0.4, 0.5) is 0 Å². The van der Waals surface area contributed by atoms with E-state index < -0.39 is 0 Å². The molecule has 0 fully saturated rings. The smallest absolute Gasteiger partial charge is 0.0128 e. The Morgan fingerprint density at radius 2 is 1.21 bits per heavy atom. The van der Waals surface area contributed by atoms with E-state index in [1.54, 1.807) is 0 Å². The van der Waals surface area contributed by atoms with Gasteiger partial charge in [0, 0.05) is 0 Å². The molecule has 0 aliphatic rings. The van der Waals surface area contributed by atoms with Crippen molar-refractivity contribution in [1.82, 2.24) is 0 Å². The summed E-state index contributed by atoms with van der Waals surface area (Å²) in [6.45, 7) is 21.0. The van der Waals surface area contributed by atoms with Gasteiger partial charge < -0.3 is 0 Å². The molecule has 2 atom stereocenters. The van der Waals surface area contributed by atoms with Gasteiger partial charge in [0.1, 0.15) is 0 Å². The molecule has 132 valence electrons. The first kappa shape index (κ1) is 22.2. The Bertz CT molecular complexity index is 569. The highest BCUT2D eigenvalue weighted by Crippen LogP contribution is 2.28. The third-order valence-corrected chi connectivity index (χ3v) is 4.56. The molecule has 0 spiro atoms. The van der Waals surface area contributed by atoms with Crippen LogP contribution in [0, 0.1) is 26.7 Å². The highest BCUT2D eigenvalue weighted by Gasteiger charge is 2.14. The average molecular weight is 325 g/mol. The molecule has 2 aromatic carbocycles. The number of benzene rings is 2. The number of aryl methyl sites for hydroxylation is 3. The highest BCUT2D eigenvalue weighted by atomic mass is 14.2. The van der Waals surface area contributed by atoms with E-state index >= 15 is 0 Å². The molecule has 2 unspecified atom stereocenters. The summed E-state index contributed by atoms with van der Waals surface area (Å²) in [7, 11) is 0. The summed E-state index contributed by atoms with van der Waals surface area (Å²) in [6.07, 6.45) is 0. The van der Waals surface area contributed by atoms with Crippen LogP contribution >= 0.6 is 0 Å². The maximum absolute atomic E-state index is 4.02. The lowest BCUT2D eigenvalue weighted by molar-refractivity contribution is 0.562. The molecule has 0 aromatic heterocycles. The number of allylic oxidation sites excluding steroid dienone is 1. The third-order valence-electron chi connectivity index (χ3n) is 4.56. The molecule has 2 rings (SSSR count). The van der Waals surface area contributed by atoms with Crippen molar-refractivity contribution < 1.29 is 0 Å². The largest absolute Gasteiger partial charge is 0.0998 e. The normalized spacial score (nSPS) is 12.0.